The van der Waals surface area contributed by atoms with Crippen LogP contribution < -0.4 is 10.2 Å². The van der Waals surface area contributed by atoms with E-state index < -0.39 is 12.1 Å². The third-order valence-electron chi connectivity index (χ3n) is 3.25. The monoisotopic (exact) mass is 264 g/mol. The van der Waals surface area contributed by atoms with E-state index in [0.29, 0.717) is 25.7 Å². The van der Waals surface area contributed by atoms with Gasteiger partial charge in [-0.1, -0.05) is 0 Å². The second kappa shape index (κ2) is 5.00. The van der Waals surface area contributed by atoms with Crippen LogP contribution in [-0.2, 0) is 9.53 Å². The molecule has 0 bridgehead atoms. The fourth-order valence-electron chi connectivity index (χ4n) is 2.04. The molecule has 0 spiro atoms. The first-order chi connectivity index (χ1) is 9.22. The molecule has 1 aromatic rings. The van der Waals surface area contributed by atoms with Crippen molar-refractivity contribution in [3.63, 3.8) is 0 Å². The minimum atomic E-state index is -0.935. The maximum absolute atomic E-state index is 11.0. The molecular weight excluding hydrogens is 248 g/mol. The SMILES string of the molecule is O=C(O)C1CN(c2cc(NC3CC3)ncn2)CCO1. The lowest BCUT2D eigenvalue weighted by Crippen LogP contribution is -2.46. The summed E-state index contributed by atoms with van der Waals surface area (Å²) in [4.78, 5) is 21.3. The highest BCUT2D eigenvalue weighted by atomic mass is 16.5. The zero-order valence-corrected chi connectivity index (χ0v) is 10.5. The number of carboxylic acids is 1. The number of morpholine rings is 1. The molecule has 7 heteroatoms. The van der Waals surface area contributed by atoms with E-state index in [4.69, 9.17) is 9.84 Å². The van der Waals surface area contributed by atoms with Crippen molar-refractivity contribution in [3.05, 3.63) is 12.4 Å². The van der Waals surface area contributed by atoms with Gasteiger partial charge >= 0.3 is 5.97 Å². The van der Waals surface area contributed by atoms with Crippen molar-refractivity contribution >= 4 is 17.6 Å². The van der Waals surface area contributed by atoms with Crippen molar-refractivity contribution in [1.29, 1.82) is 0 Å². The molecule has 2 aliphatic rings. The number of aromatic nitrogens is 2. The van der Waals surface area contributed by atoms with E-state index in [-0.39, 0.29) is 0 Å². The van der Waals surface area contributed by atoms with Gasteiger partial charge in [0.05, 0.1) is 13.2 Å². The quantitative estimate of drug-likeness (QED) is 0.810. The van der Waals surface area contributed by atoms with Crippen LogP contribution in [0.1, 0.15) is 12.8 Å². The van der Waals surface area contributed by atoms with Crippen LogP contribution in [0.3, 0.4) is 0 Å². The Morgan fingerprint density at radius 2 is 2.32 bits per heavy atom. The number of rotatable bonds is 4. The van der Waals surface area contributed by atoms with Gasteiger partial charge in [-0.2, -0.15) is 0 Å². The molecule has 2 fully saturated rings. The van der Waals surface area contributed by atoms with Crippen LogP contribution in [0.25, 0.3) is 0 Å². The lowest BCUT2D eigenvalue weighted by Gasteiger charge is -2.31. The van der Waals surface area contributed by atoms with Crippen molar-refractivity contribution in [2.45, 2.75) is 25.0 Å². The molecular formula is C12H16N4O3. The van der Waals surface area contributed by atoms with E-state index in [2.05, 4.69) is 15.3 Å². The third kappa shape index (κ3) is 2.93. The molecule has 0 radical (unpaired) electrons. The van der Waals surface area contributed by atoms with Crippen molar-refractivity contribution in [1.82, 2.24) is 9.97 Å². The molecule has 1 saturated carbocycles. The summed E-state index contributed by atoms with van der Waals surface area (Å²) in [5.41, 5.74) is 0. The molecule has 1 aliphatic heterocycles. The fraction of sp³-hybridized carbons (Fsp3) is 0.583. The Kier molecular flexibility index (Phi) is 3.20. The molecule has 2 N–H and O–H groups in total. The van der Waals surface area contributed by atoms with Gasteiger partial charge in [0.2, 0.25) is 0 Å². The largest absolute Gasteiger partial charge is 0.479 e. The first-order valence-electron chi connectivity index (χ1n) is 6.40. The molecule has 102 valence electrons. The number of hydrogen-bond donors (Lipinski definition) is 2. The van der Waals surface area contributed by atoms with Gasteiger partial charge in [0.1, 0.15) is 18.0 Å². The summed E-state index contributed by atoms with van der Waals surface area (Å²) >= 11 is 0. The molecule has 3 rings (SSSR count). The smallest absolute Gasteiger partial charge is 0.334 e. The topological polar surface area (TPSA) is 87.6 Å². The van der Waals surface area contributed by atoms with Gasteiger partial charge in [-0.05, 0) is 12.8 Å². The Balaban J connectivity index is 1.71. The van der Waals surface area contributed by atoms with Crippen LogP contribution in [0.4, 0.5) is 11.6 Å². The van der Waals surface area contributed by atoms with Crippen molar-refractivity contribution in [2.75, 3.05) is 29.9 Å². The molecule has 1 aliphatic carbocycles. The first-order valence-corrected chi connectivity index (χ1v) is 6.40. The molecule has 7 nitrogen and oxygen atoms in total. The summed E-state index contributed by atoms with van der Waals surface area (Å²) < 4.78 is 5.20. The average Bonchev–Trinajstić information content (AvgIpc) is 3.23. The van der Waals surface area contributed by atoms with Gasteiger partial charge in [0.15, 0.2) is 6.10 Å². The molecule has 0 amide bonds. The summed E-state index contributed by atoms with van der Waals surface area (Å²) in [7, 11) is 0. The van der Waals surface area contributed by atoms with Crippen LogP contribution in [0.2, 0.25) is 0 Å². The van der Waals surface area contributed by atoms with Gasteiger partial charge in [-0.3, -0.25) is 0 Å². The van der Waals surface area contributed by atoms with E-state index in [0.717, 1.165) is 11.6 Å². The molecule has 1 atom stereocenters. The summed E-state index contributed by atoms with van der Waals surface area (Å²) in [5, 5.41) is 12.3. The number of ether oxygens (including phenoxy) is 1. The van der Waals surface area contributed by atoms with Gasteiger partial charge in [-0.25, -0.2) is 14.8 Å². The van der Waals surface area contributed by atoms with Crippen LogP contribution >= 0.6 is 0 Å². The number of nitrogens with zero attached hydrogens (tertiary/aromatic N) is 3. The molecule has 19 heavy (non-hydrogen) atoms. The highest BCUT2D eigenvalue weighted by Crippen LogP contribution is 2.25. The second-order valence-corrected chi connectivity index (χ2v) is 4.82. The number of aliphatic carboxylic acids is 1. The maximum Gasteiger partial charge on any atom is 0.334 e. The van der Waals surface area contributed by atoms with Gasteiger partial charge < -0.3 is 20.1 Å². The number of carboxylic acid groups (broad SMARTS) is 1. The second-order valence-electron chi connectivity index (χ2n) is 4.82. The predicted octanol–water partition coefficient (Wildman–Crippen LogP) is 0.341. The van der Waals surface area contributed by atoms with Crippen LogP contribution in [0, 0.1) is 0 Å². The number of anilines is 2. The zero-order chi connectivity index (χ0) is 13.2. The Morgan fingerprint density at radius 3 is 3.05 bits per heavy atom. The summed E-state index contributed by atoms with van der Waals surface area (Å²) in [6, 6.07) is 2.39. The molecule has 1 aromatic heterocycles. The average molecular weight is 264 g/mol. The summed E-state index contributed by atoms with van der Waals surface area (Å²) in [6.07, 6.45) is 3.07. The van der Waals surface area contributed by atoms with Gasteiger partial charge in [0.25, 0.3) is 0 Å². The third-order valence-corrected chi connectivity index (χ3v) is 3.25. The lowest BCUT2D eigenvalue weighted by molar-refractivity contribution is -0.150. The Labute approximate surface area is 110 Å². The highest BCUT2D eigenvalue weighted by molar-refractivity contribution is 5.73. The normalized spacial score (nSPS) is 23.2. The van der Waals surface area contributed by atoms with E-state index in [9.17, 15) is 4.79 Å². The van der Waals surface area contributed by atoms with Gasteiger partial charge in [-0.15, -0.1) is 0 Å². The summed E-state index contributed by atoms with van der Waals surface area (Å²) in [6.45, 7) is 1.35. The highest BCUT2D eigenvalue weighted by Gasteiger charge is 2.27. The number of carbonyl (C=O) groups is 1. The van der Waals surface area contributed by atoms with Crippen molar-refractivity contribution in [3.8, 4) is 0 Å². The van der Waals surface area contributed by atoms with Crippen molar-refractivity contribution in [2.24, 2.45) is 0 Å². The minimum absolute atomic E-state index is 0.315. The van der Waals surface area contributed by atoms with Crippen LogP contribution in [0.5, 0.6) is 0 Å². The predicted molar refractivity (Wildman–Crippen MR) is 68.3 cm³/mol. The van der Waals surface area contributed by atoms with E-state index >= 15 is 0 Å². The first kappa shape index (κ1) is 12.2. The molecule has 1 unspecified atom stereocenters. The minimum Gasteiger partial charge on any atom is -0.479 e. The standard InChI is InChI=1S/C12H16N4O3/c17-12(18)9-6-16(3-4-19-9)11-5-10(13-7-14-11)15-8-1-2-8/h5,7-9H,1-4,6H2,(H,17,18)(H,13,14,15). The van der Waals surface area contributed by atoms with E-state index in [1.54, 1.807) is 0 Å². The fourth-order valence-corrected chi connectivity index (χ4v) is 2.04. The summed E-state index contributed by atoms with van der Waals surface area (Å²) in [5.74, 6) is 0.605. The molecule has 2 heterocycles. The number of hydrogen-bond acceptors (Lipinski definition) is 6. The molecule has 1 saturated heterocycles. The molecule has 0 aromatic carbocycles. The zero-order valence-electron chi connectivity index (χ0n) is 10.5. The van der Waals surface area contributed by atoms with E-state index in [1.165, 1.54) is 19.2 Å². The van der Waals surface area contributed by atoms with Gasteiger partial charge in [0, 0.05) is 18.7 Å². The Morgan fingerprint density at radius 1 is 1.47 bits per heavy atom. The Bertz CT molecular complexity index is 478. The Hall–Kier alpha value is -1.89. The lowest BCUT2D eigenvalue weighted by atomic mass is 10.2. The van der Waals surface area contributed by atoms with Crippen LogP contribution in [-0.4, -0.2) is 52.9 Å². The van der Waals surface area contributed by atoms with Crippen molar-refractivity contribution < 1.29 is 14.6 Å². The maximum atomic E-state index is 11.0. The number of nitrogens with one attached hydrogen (secondary N) is 1. The van der Waals surface area contributed by atoms with Crippen LogP contribution in [0.15, 0.2) is 12.4 Å². The van der Waals surface area contributed by atoms with E-state index in [1.807, 2.05) is 11.0 Å².